The van der Waals surface area contributed by atoms with Gasteiger partial charge in [-0.05, 0) is 41.0 Å². The van der Waals surface area contributed by atoms with Crippen molar-refractivity contribution in [2.45, 2.75) is 29.8 Å². The predicted octanol–water partition coefficient (Wildman–Crippen LogP) is 1.94. The van der Waals surface area contributed by atoms with Crippen LogP contribution in [-0.4, -0.2) is 39.6 Å². The van der Waals surface area contributed by atoms with Crippen LogP contribution in [0.15, 0.2) is 71.1 Å². The molecule has 0 saturated heterocycles. The van der Waals surface area contributed by atoms with Crippen LogP contribution in [0.25, 0.3) is 10.4 Å². The van der Waals surface area contributed by atoms with Crippen LogP contribution >= 0.6 is 11.3 Å². The molecule has 0 aliphatic rings. The Bertz CT molecular complexity index is 1430. The second-order valence-corrected chi connectivity index (χ2v) is 11.0. The molecule has 0 aliphatic heterocycles. The maximum Gasteiger partial charge on any atom is 0.268 e. The summed E-state index contributed by atoms with van der Waals surface area (Å²) in [5.41, 5.74) is 10.1. The van der Waals surface area contributed by atoms with Gasteiger partial charge in [0.2, 0.25) is 10.0 Å². The summed E-state index contributed by atoms with van der Waals surface area (Å²) in [6.07, 6.45) is 1.59. The minimum atomic E-state index is -3.81. The molecule has 0 fully saturated rings. The number of carbonyl (C=O) groups excluding carboxylic acids is 1. The quantitative estimate of drug-likeness (QED) is 0.153. The summed E-state index contributed by atoms with van der Waals surface area (Å²) < 4.78 is 29.5. The molecule has 6 N–H and O–H groups in total. The van der Waals surface area contributed by atoms with Crippen molar-refractivity contribution in [3.63, 3.8) is 0 Å². The van der Waals surface area contributed by atoms with Gasteiger partial charge in [-0.2, -0.15) is 0 Å². The summed E-state index contributed by atoms with van der Waals surface area (Å²) in [5, 5.41) is 26.5. The van der Waals surface area contributed by atoms with E-state index in [-0.39, 0.29) is 28.6 Å². The molecule has 2 aromatic heterocycles. The molecule has 36 heavy (non-hydrogen) atoms. The van der Waals surface area contributed by atoms with Crippen molar-refractivity contribution in [1.82, 2.24) is 25.2 Å². The van der Waals surface area contributed by atoms with Crippen LogP contribution in [0.3, 0.4) is 0 Å². The second kappa shape index (κ2) is 11.0. The van der Waals surface area contributed by atoms with E-state index in [4.69, 9.17) is 10.9 Å². The van der Waals surface area contributed by atoms with Gasteiger partial charge in [-0.3, -0.25) is 10.0 Å². The fourth-order valence-corrected chi connectivity index (χ4v) is 5.80. The number of aromatic hydroxyl groups is 1. The van der Waals surface area contributed by atoms with Crippen LogP contribution in [0, 0.1) is 0 Å². The molecule has 0 bridgehead atoms. The number of nitrogens with two attached hydrogens (primary N) is 1. The molecule has 0 saturated carbocycles. The molecule has 11 nitrogen and oxygen atoms in total. The Kier molecular flexibility index (Phi) is 7.76. The molecule has 0 unspecified atom stereocenters. The summed E-state index contributed by atoms with van der Waals surface area (Å²) in [5.74, 6) is -0.634. The van der Waals surface area contributed by atoms with Crippen LogP contribution in [0.4, 0.5) is 0 Å². The lowest BCUT2D eigenvalue weighted by Gasteiger charge is -2.14. The highest BCUT2D eigenvalue weighted by molar-refractivity contribution is 7.91. The fourth-order valence-electron chi connectivity index (χ4n) is 3.45. The largest absolute Gasteiger partial charge is 0.508 e. The third-order valence-electron chi connectivity index (χ3n) is 5.42. The molecule has 1 amide bonds. The number of thiophene rings is 1. The molecule has 0 radical (unpaired) electrons. The number of nitrogens with zero attached hydrogens (tertiary/aromatic N) is 3. The number of hydrogen-bond donors (Lipinski definition) is 5. The van der Waals surface area contributed by atoms with Gasteiger partial charge >= 0.3 is 0 Å². The third-order valence-corrected chi connectivity index (χ3v) is 8.45. The highest BCUT2D eigenvalue weighted by Gasteiger charge is 2.23. The highest BCUT2D eigenvalue weighted by Crippen LogP contribution is 2.31. The smallest absolute Gasteiger partial charge is 0.268 e. The lowest BCUT2D eigenvalue weighted by atomic mass is 10.1. The average Bonchev–Trinajstić information content (AvgIpc) is 3.58. The minimum Gasteiger partial charge on any atom is -0.508 e. The number of phenolic OH excluding ortho intramolecular Hbond substituents is 1. The first-order valence-corrected chi connectivity index (χ1v) is 13.1. The van der Waals surface area contributed by atoms with E-state index in [2.05, 4.69) is 15.0 Å². The standard InChI is InChI=1S/C23H24N6O5S2/c24-12-16-1-5-17(6-2-16)21-9-10-22(35-21)36(33,34)25-13-18-14-29(28-26-18)20(23(31)27-32)11-15-3-7-19(30)8-4-15/h1-10,14,20,25,30,32H,11-13,24H2,(H,27,31)/t20-/m0/s1. The van der Waals surface area contributed by atoms with Gasteiger partial charge in [0.15, 0.2) is 0 Å². The summed E-state index contributed by atoms with van der Waals surface area (Å²) in [4.78, 5) is 13.0. The Morgan fingerprint density at radius 1 is 1.06 bits per heavy atom. The van der Waals surface area contributed by atoms with Crippen molar-refractivity contribution in [3.8, 4) is 16.2 Å². The lowest BCUT2D eigenvalue weighted by Crippen LogP contribution is -2.32. The number of hydroxylamine groups is 1. The first-order valence-electron chi connectivity index (χ1n) is 10.8. The van der Waals surface area contributed by atoms with Gasteiger partial charge in [0.25, 0.3) is 5.91 Å². The van der Waals surface area contributed by atoms with Crippen molar-refractivity contribution >= 4 is 27.3 Å². The van der Waals surface area contributed by atoms with E-state index >= 15 is 0 Å². The van der Waals surface area contributed by atoms with Crippen molar-refractivity contribution in [2.24, 2.45) is 5.73 Å². The summed E-state index contributed by atoms with van der Waals surface area (Å²) >= 11 is 1.14. The predicted molar refractivity (Wildman–Crippen MR) is 132 cm³/mol. The van der Waals surface area contributed by atoms with Gasteiger partial charge in [-0.25, -0.2) is 23.3 Å². The molecule has 4 aromatic rings. The molecule has 0 spiro atoms. The van der Waals surface area contributed by atoms with E-state index in [1.165, 1.54) is 29.1 Å². The van der Waals surface area contributed by atoms with E-state index in [0.29, 0.717) is 12.1 Å². The SMILES string of the molecule is NCc1ccc(-c2ccc(S(=O)(=O)NCc3cn([C@@H](Cc4ccc(O)cc4)C(=O)NO)nn3)s2)cc1. The van der Waals surface area contributed by atoms with Crippen LogP contribution in [0.5, 0.6) is 5.75 Å². The highest BCUT2D eigenvalue weighted by atomic mass is 32.2. The van der Waals surface area contributed by atoms with Crippen molar-refractivity contribution in [3.05, 3.63) is 83.7 Å². The summed E-state index contributed by atoms with van der Waals surface area (Å²) in [6.45, 7) is 0.286. The molecular formula is C23H24N6O5S2. The Balaban J connectivity index is 1.44. The fraction of sp³-hybridized carbons (Fsp3) is 0.174. The molecule has 1 atom stereocenters. The molecule has 4 rings (SSSR count). The summed E-state index contributed by atoms with van der Waals surface area (Å²) in [7, 11) is -3.81. The van der Waals surface area contributed by atoms with Gasteiger partial charge in [-0.15, -0.1) is 16.4 Å². The topological polar surface area (TPSA) is 172 Å². The van der Waals surface area contributed by atoms with Crippen molar-refractivity contribution < 1.29 is 23.5 Å². The van der Waals surface area contributed by atoms with E-state index in [1.807, 2.05) is 24.3 Å². The van der Waals surface area contributed by atoms with Gasteiger partial charge in [0.05, 0.1) is 18.4 Å². The zero-order valence-electron chi connectivity index (χ0n) is 18.9. The van der Waals surface area contributed by atoms with Crippen molar-refractivity contribution in [2.75, 3.05) is 0 Å². The Morgan fingerprint density at radius 2 is 1.75 bits per heavy atom. The average molecular weight is 529 g/mol. The molecule has 0 aliphatic carbocycles. The molecule has 188 valence electrons. The zero-order chi connectivity index (χ0) is 25.7. The van der Waals surface area contributed by atoms with Crippen LogP contribution in [0.1, 0.15) is 22.9 Å². The number of sulfonamides is 1. The molecule has 13 heteroatoms. The van der Waals surface area contributed by atoms with E-state index in [1.54, 1.807) is 23.7 Å². The van der Waals surface area contributed by atoms with Gasteiger partial charge in [-0.1, -0.05) is 41.6 Å². The minimum absolute atomic E-state index is 0.0830. The molecular weight excluding hydrogens is 504 g/mol. The van der Waals surface area contributed by atoms with Crippen LogP contribution in [0.2, 0.25) is 0 Å². The number of phenols is 1. The maximum absolute atomic E-state index is 12.8. The Labute approximate surface area is 211 Å². The van der Waals surface area contributed by atoms with E-state index in [0.717, 1.165) is 27.3 Å². The first kappa shape index (κ1) is 25.5. The lowest BCUT2D eigenvalue weighted by molar-refractivity contribution is -0.133. The van der Waals surface area contributed by atoms with E-state index < -0.39 is 22.0 Å². The van der Waals surface area contributed by atoms with Crippen LogP contribution in [-0.2, 0) is 34.3 Å². The van der Waals surface area contributed by atoms with Gasteiger partial charge in [0, 0.05) is 17.8 Å². The third kappa shape index (κ3) is 5.95. The zero-order valence-corrected chi connectivity index (χ0v) is 20.5. The number of nitrogens with one attached hydrogen (secondary N) is 2. The van der Waals surface area contributed by atoms with Gasteiger partial charge < -0.3 is 10.8 Å². The monoisotopic (exact) mass is 528 g/mol. The molecule has 2 heterocycles. The molecule has 2 aromatic carbocycles. The number of rotatable bonds is 10. The van der Waals surface area contributed by atoms with Gasteiger partial charge in [0.1, 0.15) is 16.0 Å². The number of aromatic nitrogens is 3. The summed E-state index contributed by atoms with van der Waals surface area (Å²) in [6, 6.07) is 16.2. The number of hydrogen-bond acceptors (Lipinski definition) is 9. The number of carbonyl (C=O) groups is 1. The Morgan fingerprint density at radius 3 is 2.42 bits per heavy atom. The first-order chi connectivity index (χ1) is 17.3. The number of benzene rings is 2. The van der Waals surface area contributed by atoms with E-state index in [9.17, 15) is 18.3 Å². The second-order valence-electron chi connectivity index (χ2n) is 7.90. The van der Waals surface area contributed by atoms with Crippen LogP contribution < -0.4 is 15.9 Å². The normalized spacial score (nSPS) is 12.4. The van der Waals surface area contributed by atoms with Crippen molar-refractivity contribution in [1.29, 1.82) is 0 Å². The Hall–Kier alpha value is -3.62. The number of amides is 1. The maximum atomic E-state index is 12.8.